The van der Waals surface area contributed by atoms with Crippen molar-refractivity contribution in [2.24, 2.45) is 5.28 Å². The fourth-order valence-electron chi connectivity index (χ4n) is 1.99. The number of imide groups is 1. The minimum Gasteiger partial charge on any atom is -0.569 e. The van der Waals surface area contributed by atoms with Crippen LogP contribution in [0.3, 0.4) is 0 Å². The molecule has 122 valence electrons. The second kappa shape index (κ2) is 6.73. The predicted octanol–water partition coefficient (Wildman–Crippen LogP) is 0.456. The molecule has 0 radical (unpaired) electrons. The quantitative estimate of drug-likeness (QED) is 0.334. The molecule has 1 aliphatic rings. The van der Waals surface area contributed by atoms with E-state index in [-0.39, 0.29) is 22.6 Å². The van der Waals surface area contributed by atoms with Gasteiger partial charge >= 0.3 is 5.97 Å². The standard InChI is InChI=1S/C13H14N4O6/c1-2-15(7-11(18)19)17(22)14-23-8-16-12(20)9-5-3-4-6-10(9)13(16)21/h3-6H,2,7-8H2,1H3,(H,18,19). The summed E-state index contributed by atoms with van der Waals surface area (Å²) in [4.78, 5) is 40.1. The first-order valence-electron chi connectivity index (χ1n) is 6.67. The lowest BCUT2D eigenvalue weighted by Gasteiger charge is -2.14. The molecule has 0 fully saturated rings. The SMILES string of the molecule is CCN(CC(=O)O)[N+]([O-])=NOCN1C(=O)c2ccccc2C1=O. The lowest BCUT2D eigenvalue weighted by molar-refractivity contribution is -0.708. The summed E-state index contributed by atoms with van der Waals surface area (Å²) in [6.45, 7) is 0.554. The van der Waals surface area contributed by atoms with Gasteiger partial charge in [0.2, 0.25) is 12.0 Å². The normalized spacial score (nSPS) is 14.0. The van der Waals surface area contributed by atoms with Gasteiger partial charge in [-0.2, -0.15) is 0 Å². The van der Waals surface area contributed by atoms with Gasteiger partial charge in [0.25, 0.3) is 11.8 Å². The van der Waals surface area contributed by atoms with Gasteiger partial charge in [0, 0.05) is 0 Å². The van der Waals surface area contributed by atoms with Crippen molar-refractivity contribution in [1.82, 2.24) is 9.91 Å². The maximum atomic E-state index is 12.0. The van der Waals surface area contributed by atoms with Crippen molar-refractivity contribution >= 4 is 17.8 Å². The van der Waals surface area contributed by atoms with Gasteiger partial charge in [0.1, 0.15) is 0 Å². The van der Waals surface area contributed by atoms with E-state index < -0.39 is 31.1 Å². The van der Waals surface area contributed by atoms with Crippen molar-refractivity contribution in [3.05, 3.63) is 40.6 Å². The van der Waals surface area contributed by atoms with Gasteiger partial charge in [-0.25, -0.2) is 4.90 Å². The molecule has 0 spiro atoms. The van der Waals surface area contributed by atoms with Crippen LogP contribution in [0.5, 0.6) is 0 Å². The molecule has 0 unspecified atom stereocenters. The lowest BCUT2D eigenvalue weighted by Crippen LogP contribution is -2.36. The smallest absolute Gasteiger partial charge is 0.329 e. The average Bonchev–Trinajstić information content (AvgIpc) is 2.77. The zero-order valence-electron chi connectivity index (χ0n) is 12.2. The zero-order valence-corrected chi connectivity index (χ0v) is 12.2. The minimum absolute atomic E-state index is 0.0354. The van der Waals surface area contributed by atoms with E-state index in [9.17, 15) is 19.6 Å². The Bertz CT molecular complexity index is 639. The number of hydrogen-bond acceptors (Lipinski definition) is 6. The lowest BCUT2D eigenvalue weighted by atomic mass is 10.1. The number of likely N-dealkylation sites (N-methyl/N-ethyl adjacent to an activating group) is 1. The number of carbonyl (C=O) groups is 3. The van der Waals surface area contributed by atoms with Gasteiger partial charge in [0.15, 0.2) is 6.54 Å². The van der Waals surface area contributed by atoms with Crippen molar-refractivity contribution in [2.75, 3.05) is 19.8 Å². The molecule has 0 saturated carbocycles. The zero-order chi connectivity index (χ0) is 17.0. The molecule has 0 aromatic heterocycles. The topological polar surface area (TPSA) is 126 Å². The second-order valence-electron chi connectivity index (χ2n) is 4.55. The highest BCUT2D eigenvalue weighted by atomic mass is 16.7. The first kappa shape index (κ1) is 16.2. The molecule has 23 heavy (non-hydrogen) atoms. The Morgan fingerprint density at radius 1 is 1.35 bits per heavy atom. The molecular weight excluding hydrogens is 308 g/mol. The van der Waals surface area contributed by atoms with Crippen molar-refractivity contribution in [1.29, 1.82) is 0 Å². The van der Waals surface area contributed by atoms with Gasteiger partial charge in [0.05, 0.1) is 22.6 Å². The van der Waals surface area contributed by atoms with Crippen molar-refractivity contribution < 1.29 is 29.3 Å². The van der Waals surface area contributed by atoms with E-state index in [0.29, 0.717) is 0 Å². The molecule has 0 atom stereocenters. The van der Waals surface area contributed by atoms with Crippen LogP contribution in [0.4, 0.5) is 0 Å². The molecule has 10 nitrogen and oxygen atoms in total. The van der Waals surface area contributed by atoms with E-state index in [0.717, 1.165) is 9.91 Å². The highest BCUT2D eigenvalue weighted by Gasteiger charge is 2.35. The Labute approximate surface area is 130 Å². The number of amides is 2. The van der Waals surface area contributed by atoms with Crippen LogP contribution in [0.1, 0.15) is 27.6 Å². The van der Waals surface area contributed by atoms with E-state index in [1.165, 1.54) is 12.1 Å². The Morgan fingerprint density at radius 2 is 1.91 bits per heavy atom. The van der Waals surface area contributed by atoms with Crippen LogP contribution in [-0.4, -0.2) is 57.6 Å². The maximum Gasteiger partial charge on any atom is 0.329 e. The summed E-state index contributed by atoms with van der Waals surface area (Å²) in [5.41, 5.74) is 0.502. The molecule has 2 amide bonds. The van der Waals surface area contributed by atoms with Gasteiger partial charge in [-0.1, -0.05) is 12.1 Å². The summed E-state index contributed by atoms with van der Waals surface area (Å²) in [6.07, 6.45) is 0. The third-order valence-electron chi connectivity index (χ3n) is 3.12. The molecule has 0 aliphatic carbocycles. The van der Waals surface area contributed by atoms with Crippen LogP contribution >= 0.6 is 0 Å². The third kappa shape index (κ3) is 3.36. The summed E-state index contributed by atoms with van der Waals surface area (Å²) in [6, 6.07) is 6.28. The van der Waals surface area contributed by atoms with Crippen LogP contribution in [-0.2, 0) is 9.63 Å². The number of hydrogen-bond donors (Lipinski definition) is 1. The number of fused-ring (bicyclic) bond motifs is 1. The molecule has 1 N–H and O–H groups in total. The Kier molecular flexibility index (Phi) is 4.74. The molecule has 1 aromatic rings. The van der Waals surface area contributed by atoms with Crippen LogP contribution in [0.2, 0.25) is 0 Å². The number of carboxylic acids is 1. The maximum absolute atomic E-state index is 12.0. The number of rotatable bonds is 7. The second-order valence-corrected chi connectivity index (χ2v) is 4.55. The number of benzene rings is 1. The highest BCUT2D eigenvalue weighted by molar-refractivity contribution is 6.21. The number of nitrogens with zero attached hydrogens (tertiary/aromatic N) is 4. The highest BCUT2D eigenvalue weighted by Crippen LogP contribution is 2.22. The van der Waals surface area contributed by atoms with Gasteiger partial charge in [-0.15, -0.1) is 5.01 Å². The fourth-order valence-corrected chi connectivity index (χ4v) is 1.99. The van der Waals surface area contributed by atoms with Crippen LogP contribution in [0.25, 0.3) is 0 Å². The van der Waals surface area contributed by atoms with Gasteiger partial charge in [-0.05, 0) is 19.1 Å². The van der Waals surface area contributed by atoms with Crippen molar-refractivity contribution in [3.63, 3.8) is 0 Å². The van der Waals surface area contributed by atoms with Crippen molar-refractivity contribution in [3.8, 4) is 0 Å². The number of carbonyl (C=O) groups excluding carboxylic acids is 2. The summed E-state index contributed by atoms with van der Waals surface area (Å²) >= 11 is 0. The van der Waals surface area contributed by atoms with E-state index in [2.05, 4.69) is 5.28 Å². The fraction of sp³-hybridized carbons (Fsp3) is 0.308. The molecule has 2 rings (SSSR count). The summed E-state index contributed by atoms with van der Waals surface area (Å²) < 4.78 is 0. The minimum atomic E-state index is -1.21. The number of hydrazine groups is 1. The molecule has 1 aliphatic heterocycles. The molecule has 10 heteroatoms. The Hall–Kier alpha value is -3.17. The van der Waals surface area contributed by atoms with E-state index in [1.54, 1.807) is 19.1 Å². The van der Waals surface area contributed by atoms with Crippen molar-refractivity contribution in [2.45, 2.75) is 6.92 Å². The Balaban J connectivity index is 1.99. The molecule has 1 aromatic carbocycles. The number of aliphatic carboxylic acids is 1. The van der Waals surface area contributed by atoms with Gasteiger partial charge < -0.3 is 15.2 Å². The predicted molar refractivity (Wildman–Crippen MR) is 73.8 cm³/mol. The first-order valence-corrected chi connectivity index (χ1v) is 6.67. The Morgan fingerprint density at radius 3 is 2.39 bits per heavy atom. The number of carboxylic acid groups (broad SMARTS) is 1. The monoisotopic (exact) mass is 322 g/mol. The molecule has 0 bridgehead atoms. The van der Waals surface area contributed by atoms with E-state index in [1.807, 2.05) is 0 Å². The molecule has 1 heterocycles. The summed E-state index contributed by atoms with van der Waals surface area (Å²) in [7, 11) is 0. The largest absolute Gasteiger partial charge is 0.569 e. The first-order chi connectivity index (χ1) is 11.0. The summed E-state index contributed by atoms with van der Waals surface area (Å²) in [5, 5.41) is 24.2. The van der Waals surface area contributed by atoms with Crippen LogP contribution in [0.15, 0.2) is 29.5 Å². The molecular formula is C13H14N4O6. The van der Waals surface area contributed by atoms with Gasteiger partial charge in [-0.3, -0.25) is 14.4 Å². The summed E-state index contributed by atoms with van der Waals surface area (Å²) in [5.74, 6) is -2.30. The third-order valence-corrected chi connectivity index (χ3v) is 3.12. The van der Waals surface area contributed by atoms with E-state index in [4.69, 9.17) is 9.94 Å². The van der Waals surface area contributed by atoms with E-state index >= 15 is 0 Å². The van der Waals surface area contributed by atoms with Crippen LogP contribution in [0, 0.1) is 5.21 Å². The average molecular weight is 322 g/mol. The van der Waals surface area contributed by atoms with Crippen LogP contribution < -0.4 is 0 Å². The molecule has 0 saturated heterocycles.